The van der Waals surface area contributed by atoms with Crippen molar-refractivity contribution in [3.8, 4) is 6.07 Å². The van der Waals surface area contributed by atoms with Crippen LogP contribution in [-0.4, -0.2) is 20.3 Å². The molecule has 1 rings (SSSR count). The fourth-order valence-corrected chi connectivity index (χ4v) is 3.07. The Labute approximate surface area is 112 Å². The number of furan rings is 1. The zero-order valence-electron chi connectivity index (χ0n) is 11.1. The first kappa shape index (κ1) is 15.5. The Morgan fingerprint density at radius 1 is 1.47 bits per heavy atom. The molecule has 6 nitrogen and oxygen atoms in total. The maximum absolute atomic E-state index is 12.7. The fourth-order valence-electron chi connectivity index (χ4n) is 1.41. The number of rotatable bonds is 7. The SMILES string of the molecule is CCOP(=O)(OCC)/C(=C/OC)c1cc(C#N)co1. The molecule has 0 spiro atoms. The Bertz CT molecular complexity index is 518. The summed E-state index contributed by atoms with van der Waals surface area (Å²) in [6.07, 6.45) is 2.51. The molecule has 0 aliphatic heterocycles. The summed E-state index contributed by atoms with van der Waals surface area (Å²) in [6, 6.07) is 3.38. The van der Waals surface area contributed by atoms with E-state index in [0.717, 1.165) is 0 Å². The van der Waals surface area contributed by atoms with Crippen molar-refractivity contribution in [2.75, 3.05) is 20.3 Å². The summed E-state index contributed by atoms with van der Waals surface area (Å²) >= 11 is 0. The average Bonchev–Trinajstić information content (AvgIpc) is 2.84. The van der Waals surface area contributed by atoms with E-state index in [0.29, 0.717) is 5.56 Å². The molecule has 1 aromatic rings. The third kappa shape index (κ3) is 3.71. The highest BCUT2D eigenvalue weighted by Crippen LogP contribution is 2.60. The molecule has 7 heteroatoms. The van der Waals surface area contributed by atoms with Crippen molar-refractivity contribution in [2.45, 2.75) is 13.8 Å². The highest BCUT2D eigenvalue weighted by atomic mass is 31.2. The van der Waals surface area contributed by atoms with Crippen molar-refractivity contribution in [1.82, 2.24) is 0 Å². The van der Waals surface area contributed by atoms with Crippen molar-refractivity contribution in [1.29, 1.82) is 5.26 Å². The van der Waals surface area contributed by atoms with Gasteiger partial charge in [-0.2, -0.15) is 5.26 Å². The predicted octanol–water partition coefficient (Wildman–Crippen LogP) is 3.36. The van der Waals surface area contributed by atoms with Crippen molar-refractivity contribution in [3.05, 3.63) is 29.9 Å². The lowest BCUT2D eigenvalue weighted by molar-refractivity contribution is 0.229. The maximum Gasteiger partial charge on any atom is 0.368 e. The Kier molecular flexibility index (Phi) is 5.84. The van der Waals surface area contributed by atoms with E-state index in [1.165, 1.54) is 25.7 Å². The number of nitrogens with zero attached hydrogens (tertiary/aromatic N) is 1. The molecule has 0 fully saturated rings. The molecule has 0 atom stereocenters. The molecule has 0 saturated carbocycles. The van der Waals surface area contributed by atoms with Crippen LogP contribution in [0.5, 0.6) is 0 Å². The van der Waals surface area contributed by atoms with Gasteiger partial charge in [-0.3, -0.25) is 4.57 Å². The Hall–Kier alpha value is -1.54. The van der Waals surface area contributed by atoms with E-state index in [1.807, 2.05) is 6.07 Å². The van der Waals surface area contributed by atoms with Crippen molar-refractivity contribution >= 4 is 12.9 Å². The molecule has 0 N–H and O–H groups in total. The summed E-state index contributed by atoms with van der Waals surface area (Å²) in [5.41, 5.74) is 0.316. The monoisotopic (exact) mass is 285 g/mol. The van der Waals surface area contributed by atoms with E-state index in [-0.39, 0.29) is 24.3 Å². The van der Waals surface area contributed by atoms with Crippen LogP contribution in [0.25, 0.3) is 5.31 Å². The highest BCUT2D eigenvalue weighted by molar-refractivity contribution is 7.65. The largest absolute Gasteiger partial charge is 0.503 e. The summed E-state index contributed by atoms with van der Waals surface area (Å²) in [6.45, 7) is 3.84. The smallest absolute Gasteiger partial charge is 0.368 e. The van der Waals surface area contributed by atoms with Crippen LogP contribution in [-0.2, 0) is 18.3 Å². The van der Waals surface area contributed by atoms with Gasteiger partial charge in [0.25, 0.3) is 0 Å². The van der Waals surface area contributed by atoms with Gasteiger partial charge < -0.3 is 18.2 Å². The molecule has 0 saturated heterocycles. The van der Waals surface area contributed by atoms with Gasteiger partial charge in [-0.05, 0) is 13.8 Å². The average molecular weight is 285 g/mol. The molecular formula is C12H16NO5P. The topological polar surface area (TPSA) is 81.7 Å². The molecule has 1 heterocycles. The van der Waals surface area contributed by atoms with Crippen LogP contribution in [0.1, 0.15) is 25.2 Å². The zero-order chi connectivity index (χ0) is 14.3. The number of hydrogen-bond acceptors (Lipinski definition) is 6. The first-order chi connectivity index (χ1) is 9.11. The van der Waals surface area contributed by atoms with E-state index in [1.54, 1.807) is 13.8 Å². The number of hydrogen-bond donors (Lipinski definition) is 0. The summed E-state index contributed by atoms with van der Waals surface area (Å²) in [7, 11) is -2.12. The Morgan fingerprint density at radius 2 is 2.11 bits per heavy atom. The molecular weight excluding hydrogens is 269 g/mol. The third-order valence-electron chi connectivity index (χ3n) is 2.10. The summed E-state index contributed by atoms with van der Waals surface area (Å²) in [5, 5.41) is 8.93. The minimum absolute atomic E-state index is 0.153. The normalized spacial score (nSPS) is 12.2. The molecule has 19 heavy (non-hydrogen) atoms. The Balaban J connectivity index is 3.22. The summed E-state index contributed by atoms with van der Waals surface area (Å²) in [4.78, 5) is 0. The molecule has 1 aromatic heterocycles. The summed E-state index contributed by atoms with van der Waals surface area (Å²) < 4.78 is 33.2. The third-order valence-corrected chi connectivity index (χ3v) is 4.22. The van der Waals surface area contributed by atoms with Gasteiger partial charge in [0.05, 0.1) is 25.9 Å². The number of methoxy groups -OCH3 is 1. The van der Waals surface area contributed by atoms with Gasteiger partial charge >= 0.3 is 7.60 Å². The van der Waals surface area contributed by atoms with Crippen LogP contribution < -0.4 is 0 Å². The molecule has 0 bridgehead atoms. The fraction of sp³-hybridized carbons (Fsp3) is 0.417. The van der Waals surface area contributed by atoms with Gasteiger partial charge in [-0.15, -0.1) is 0 Å². The van der Waals surface area contributed by atoms with Crippen LogP contribution >= 0.6 is 7.60 Å². The maximum atomic E-state index is 12.7. The lowest BCUT2D eigenvalue weighted by Gasteiger charge is -2.18. The Morgan fingerprint density at radius 3 is 2.53 bits per heavy atom. The second-order valence-corrected chi connectivity index (χ2v) is 5.38. The van der Waals surface area contributed by atoms with Gasteiger partial charge in [0.2, 0.25) is 0 Å². The van der Waals surface area contributed by atoms with Crippen molar-refractivity contribution in [2.24, 2.45) is 0 Å². The molecule has 0 aromatic carbocycles. The predicted molar refractivity (Wildman–Crippen MR) is 69.3 cm³/mol. The van der Waals surface area contributed by atoms with Gasteiger partial charge in [0.1, 0.15) is 29.7 Å². The number of nitriles is 1. The van der Waals surface area contributed by atoms with E-state index in [4.69, 9.17) is 23.5 Å². The van der Waals surface area contributed by atoms with E-state index >= 15 is 0 Å². The minimum atomic E-state index is -3.53. The molecule has 0 radical (unpaired) electrons. The summed E-state index contributed by atoms with van der Waals surface area (Å²) in [5.74, 6) is 0.226. The van der Waals surface area contributed by atoms with Gasteiger partial charge in [0, 0.05) is 6.07 Å². The van der Waals surface area contributed by atoms with Crippen molar-refractivity contribution in [3.63, 3.8) is 0 Å². The van der Waals surface area contributed by atoms with Gasteiger partial charge in [-0.1, -0.05) is 0 Å². The van der Waals surface area contributed by atoms with Crippen LogP contribution in [0, 0.1) is 11.3 Å². The second-order valence-electron chi connectivity index (χ2n) is 3.38. The zero-order valence-corrected chi connectivity index (χ0v) is 12.0. The number of ether oxygens (including phenoxy) is 1. The standard InChI is InChI=1S/C12H16NO5P/c1-4-17-19(14,18-5-2)12(9-15-3)11-6-10(7-13)8-16-11/h6,8-9H,4-5H2,1-3H3/b12-9+. The lowest BCUT2D eigenvalue weighted by atomic mass is 10.3. The van der Waals surface area contributed by atoms with Crippen LogP contribution in [0.15, 0.2) is 23.0 Å². The van der Waals surface area contributed by atoms with Crippen LogP contribution in [0.3, 0.4) is 0 Å². The van der Waals surface area contributed by atoms with E-state index < -0.39 is 7.60 Å². The molecule has 104 valence electrons. The van der Waals surface area contributed by atoms with Crippen LogP contribution in [0.2, 0.25) is 0 Å². The minimum Gasteiger partial charge on any atom is -0.503 e. The van der Waals surface area contributed by atoms with E-state index in [9.17, 15) is 4.57 Å². The first-order valence-electron chi connectivity index (χ1n) is 5.72. The second kappa shape index (κ2) is 7.15. The molecule has 0 unspecified atom stereocenters. The molecule has 0 aliphatic carbocycles. The van der Waals surface area contributed by atoms with Gasteiger partial charge in [0.15, 0.2) is 0 Å². The molecule has 0 aliphatic rings. The van der Waals surface area contributed by atoms with Gasteiger partial charge in [-0.25, -0.2) is 0 Å². The quantitative estimate of drug-likeness (QED) is 0.564. The lowest BCUT2D eigenvalue weighted by Crippen LogP contribution is -1.98. The highest BCUT2D eigenvalue weighted by Gasteiger charge is 2.33. The van der Waals surface area contributed by atoms with Crippen LogP contribution in [0.4, 0.5) is 0 Å². The van der Waals surface area contributed by atoms with E-state index in [2.05, 4.69) is 0 Å². The first-order valence-corrected chi connectivity index (χ1v) is 7.27. The van der Waals surface area contributed by atoms with Crippen molar-refractivity contribution < 1.29 is 22.8 Å². The molecule has 0 amide bonds.